The van der Waals surface area contributed by atoms with E-state index in [4.69, 9.17) is 5.11 Å². The van der Waals surface area contributed by atoms with E-state index in [1.165, 1.54) is 13.8 Å². The molecule has 1 aromatic carbocycles. The van der Waals surface area contributed by atoms with Crippen LogP contribution in [0.25, 0.3) is 0 Å². The van der Waals surface area contributed by atoms with Crippen molar-refractivity contribution in [3.05, 3.63) is 35.9 Å². The average Bonchev–Trinajstić information content (AvgIpc) is 2.82. The van der Waals surface area contributed by atoms with Gasteiger partial charge in [-0.1, -0.05) is 50.6 Å². The molecule has 36 heavy (non-hydrogen) atoms. The van der Waals surface area contributed by atoms with Crippen LogP contribution in [0.5, 0.6) is 0 Å². The van der Waals surface area contributed by atoms with Crippen molar-refractivity contribution in [1.29, 1.82) is 0 Å². The van der Waals surface area contributed by atoms with Crippen LogP contribution in [0, 0.1) is 5.92 Å². The van der Waals surface area contributed by atoms with Crippen LogP contribution in [0.1, 0.15) is 58.6 Å². The first kappa shape index (κ1) is 30.1. The summed E-state index contributed by atoms with van der Waals surface area (Å²) in [5.74, 6) is -5.51. The van der Waals surface area contributed by atoms with Crippen molar-refractivity contribution < 1.29 is 39.0 Å². The van der Waals surface area contributed by atoms with Gasteiger partial charge in [0.1, 0.15) is 24.2 Å². The lowest BCUT2D eigenvalue weighted by Crippen LogP contribution is -2.55. The summed E-state index contributed by atoms with van der Waals surface area (Å²) < 4.78 is 0. The van der Waals surface area contributed by atoms with Gasteiger partial charge in [-0.15, -0.1) is 0 Å². The third kappa shape index (κ3) is 9.72. The highest BCUT2D eigenvalue weighted by atomic mass is 16.4. The summed E-state index contributed by atoms with van der Waals surface area (Å²) in [6.07, 6.45) is -0.0784. The molecule has 0 spiro atoms. The van der Waals surface area contributed by atoms with Crippen molar-refractivity contribution in [2.75, 3.05) is 0 Å². The molecule has 0 aliphatic carbocycles. The van der Waals surface area contributed by atoms with E-state index >= 15 is 0 Å². The number of carbonyl (C=O) groups excluding carboxylic acids is 4. The first-order valence-corrected chi connectivity index (χ1v) is 11.5. The van der Waals surface area contributed by atoms with Crippen LogP contribution in [-0.2, 0) is 28.8 Å². The third-order valence-electron chi connectivity index (χ3n) is 5.55. The maximum absolute atomic E-state index is 13.1. The molecule has 1 rings (SSSR count). The smallest absolute Gasteiger partial charge is 0.326 e. The van der Waals surface area contributed by atoms with Gasteiger partial charge in [-0.05, 0) is 24.8 Å². The van der Waals surface area contributed by atoms with Crippen LogP contribution >= 0.6 is 0 Å². The normalized spacial score (nSPS) is 14.8. The molecule has 6 N–H and O–H groups in total. The van der Waals surface area contributed by atoms with Gasteiger partial charge in [0, 0.05) is 13.3 Å². The molecule has 0 heterocycles. The monoisotopic (exact) mass is 506 g/mol. The summed E-state index contributed by atoms with van der Waals surface area (Å²) in [6.45, 7) is 6.01. The molecule has 198 valence electrons. The fourth-order valence-corrected chi connectivity index (χ4v) is 3.29. The standard InChI is InChI=1S/C24H34N4O8/c1-5-13(2)19(24(35)36)27-21(32)14(3)25-23(34)20(16-9-7-6-8-10-16)28-22(33)17(26-15(4)29)11-12-18(30)31/h6-10,13-14,17,19-20H,5,11-12H2,1-4H3,(H,25,34)(H,26,29)(H,27,32)(H,28,33)(H,30,31)(H,35,36)/t13-,14-,17-,19-,20?/m0/s1. The Morgan fingerprint density at radius 1 is 0.833 bits per heavy atom. The summed E-state index contributed by atoms with van der Waals surface area (Å²) in [5.41, 5.74) is 0.374. The molecular formula is C24H34N4O8. The number of hydrogen-bond donors (Lipinski definition) is 6. The van der Waals surface area contributed by atoms with Crippen molar-refractivity contribution in [3.63, 3.8) is 0 Å². The molecule has 0 saturated carbocycles. The largest absolute Gasteiger partial charge is 0.481 e. The molecule has 1 unspecified atom stereocenters. The van der Waals surface area contributed by atoms with Crippen LogP contribution in [0.2, 0.25) is 0 Å². The number of carbonyl (C=O) groups is 6. The molecule has 0 aliphatic rings. The first-order valence-electron chi connectivity index (χ1n) is 11.5. The third-order valence-corrected chi connectivity index (χ3v) is 5.55. The molecule has 0 radical (unpaired) electrons. The molecule has 4 amide bonds. The van der Waals surface area contributed by atoms with Gasteiger partial charge in [0.25, 0.3) is 0 Å². The predicted molar refractivity (Wildman–Crippen MR) is 128 cm³/mol. The highest BCUT2D eigenvalue weighted by Gasteiger charge is 2.31. The quantitative estimate of drug-likeness (QED) is 0.208. The number of carboxylic acid groups (broad SMARTS) is 2. The van der Waals surface area contributed by atoms with Crippen molar-refractivity contribution in [2.24, 2.45) is 5.92 Å². The van der Waals surface area contributed by atoms with E-state index in [1.807, 2.05) is 0 Å². The van der Waals surface area contributed by atoms with Gasteiger partial charge < -0.3 is 31.5 Å². The van der Waals surface area contributed by atoms with E-state index in [9.17, 15) is 33.9 Å². The van der Waals surface area contributed by atoms with Gasteiger partial charge in [-0.2, -0.15) is 0 Å². The average molecular weight is 507 g/mol. The minimum absolute atomic E-state index is 0.200. The minimum atomic E-state index is -1.28. The van der Waals surface area contributed by atoms with Crippen molar-refractivity contribution >= 4 is 35.6 Å². The van der Waals surface area contributed by atoms with Crippen molar-refractivity contribution in [2.45, 2.75) is 71.1 Å². The Morgan fingerprint density at radius 3 is 1.94 bits per heavy atom. The fourth-order valence-electron chi connectivity index (χ4n) is 3.29. The molecule has 12 nitrogen and oxygen atoms in total. The first-order chi connectivity index (χ1) is 16.9. The SMILES string of the molecule is CC[C@H](C)[C@H](NC(=O)[C@H](C)NC(=O)C(NC(=O)[C@H](CCC(=O)O)NC(C)=O)c1ccccc1)C(=O)O. The molecule has 0 bridgehead atoms. The number of carboxylic acids is 2. The van der Waals surface area contributed by atoms with Gasteiger partial charge in [0.05, 0.1) is 0 Å². The fraction of sp³-hybridized carbons (Fsp3) is 0.500. The topological polar surface area (TPSA) is 191 Å². The van der Waals surface area contributed by atoms with E-state index < -0.39 is 66.2 Å². The summed E-state index contributed by atoms with van der Waals surface area (Å²) in [4.78, 5) is 72.6. The van der Waals surface area contributed by atoms with Crippen LogP contribution in [0.15, 0.2) is 30.3 Å². The lowest BCUT2D eigenvalue weighted by Gasteiger charge is -2.25. The Morgan fingerprint density at radius 2 is 1.44 bits per heavy atom. The van der Waals surface area contributed by atoms with Crippen LogP contribution < -0.4 is 21.3 Å². The zero-order valence-corrected chi connectivity index (χ0v) is 20.7. The van der Waals surface area contributed by atoms with E-state index in [0.29, 0.717) is 12.0 Å². The maximum atomic E-state index is 13.1. The van der Waals surface area contributed by atoms with E-state index in [2.05, 4.69) is 21.3 Å². The minimum Gasteiger partial charge on any atom is -0.481 e. The second-order valence-electron chi connectivity index (χ2n) is 8.48. The zero-order chi connectivity index (χ0) is 27.4. The number of hydrogen-bond acceptors (Lipinski definition) is 6. The molecule has 1 aromatic rings. The molecule has 0 aromatic heterocycles. The molecule has 0 fully saturated rings. The van der Waals surface area contributed by atoms with Gasteiger partial charge in [0.15, 0.2) is 0 Å². The lowest BCUT2D eigenvalue weighted by atomic mass is 9.99. The van der Waals surface area contributed by atoms with Crippen molar-refractivity contribution in [1.82, 2.24) is 21.3 Å². The summed E-state index contributed by atoms with van der Waals surface area (Å²) >= 11 is 0. The lowest BCUT2D eigenvalue weighted by molar-refractivity contribution is -0.143. The van der Waals surface area contributed by atoms with Gasteiger partial charge in [-0.25, -0.2) is 4.79 Å². The summed E-state index contributed by atoms with van der Waals surface area (Å²) in [7, 11) is 0. The number of benzene rings is 1. The molecule has 5 atom stereocenters. The van der Waals surface area contributed by atoms with Crippen LogP contribution in [-0.4, -0.2) is 63.9 Å². The molecular weight excluding hydrogens is 472 g/mol. The number of aliphatic carboxylic acids is 2. The Balaban J connectivity index is 3.06. The highest BCUT2D eigenvalue weighted by Crippen LogP contribution is 2.15. The molecule has 0 aliphatic heterocycles. The Bertz CT molecular complexity index is 953. The van der Waals surface area contributed by atoms with Crippen LogP contribution in [0.3, 0.4) is 0 Å². The van der Waals surface area contributed by atoms with E-state index in [0.717, 1.165) is 0 Å². The highest BCUT2D eigenvalue weighted by molar-refractivity contribution is 5.95. The van der Waals surface area contributed by atoms with E-state index in [-0.39, 0.29) is 12.3 Å². The number of rotatable bonds is 14. The molecule has 0 saturated heterocycles. The number of amides is 4. The molecule has 12 heteroatoms. The van der Waals surface area contributed by atoms with Gasteiger partial charge >= 0.3 is 11.9 Å². The second-order valence-corrected chi connectivity index (χ2v) is 8.48. The second kappa shape index (κ2) is 14.4. The maximum Gasteiger partial charge on any atom is 0.326 e. The van der Waals surface area contributed by atoms with Gasteiger partial charge in [-0.3, -0.25) is 24.0 Å². The Kier molecular flexibility index (Phi) is 12.1. The van der Waals surface area contributed by atoms with Crippen molar-refractivity contribution in [3.8, 4) is 0 Å². The summed E-state index contributed by atoms with van der Waals surface area (Å²) in [5, 5.41) is 28.1. The Hall–Kier alpha value is -3.96. The predicted octanol–water partition coefficient (Wildman–Crippen LogP) is 0.334. The zero-order valence-electron chi connectivity index (χ0n) is 20.7. The van der Waals surface area contributed by atoms with Crippen LogP contribution in [0.4, 0.5) is 0 Å². The van der Waals surface area contributed by atoms with E-state index in [1.54, 1.807) is 44.2 Å². The number of nitrogens with one attached hydrogen (secondary N) is 4. The Labute approximate surface area is 209 Å². The summed E-state index contributed by atoms with van der Waals surface area (Å²) in [6, 6.07) is 3.36. The van der Waals surface area contributed by atoms with Gasteiger partial charge in [0.2, 0.25) is 23.6 Å².